The van der Waals surface area contributed by atoms with E-state index < -0.39 is 0 Å². The Balaban J connectivity index is 2.24. The van der Waals surface area contributed by atoms with E-state index >= 15 is 0 Å². The molecule has 1 aliphatic rings. The molecule has 1 nitrogen and oxygen atoms in total. The molecule has 18 heavy (non-hydrogen) atoms. The molecular formula is C15H21Br2N. The van der Waals surface area contributed by atoms with Crippen molar-refractivity contribution in [2.75, 3.05) is 11.9 Å². The van der Waals surface area contributed by atoms with Gasteiger partial charge in [-0.2, -0.15) is 0 Å². The summed E-state index contributed by atoms with van der Waals surface area (Å²) in [5.41, 5.74) is 2.73. The first kappa shape index (κ1) is 14.4. The van der Waals surface area contributed by atoms with E-state index in [2.05, 4.69) is 68.9 Å². The zero-order valence-electron chi connectivity index (χ0n) is 11.1. The Labute approximate surface area is 127 Å². The third kappa shape index (κ3) is 3.11. The highest BCUT2D eigenvalue weighted by Crippen LogP contribution is 2.33. The summed E-state index contributed by atoms with van der Waals surface area (Å²) in [5.74, 6) is 0.801. The topological polar surface area (TPSA) is 3.24 Å². The highest BCUT2D eigenvalue weighted by Gasteiger charge is 2.26. The predicted octanol–water partition coefficient (Wildman–Crippen LogP) is 5.36. The number of hydrogen-bond donors (Lipinski definition) is 0. The lowest BCUT2D eigenvalue weighted by Crippen LogP contribution is -2.39. The van der Waals surface area contributed by atoms with Gasteiger partial charge in [0.2, 0.25) is 0 Å². The molecule has 0 bridgehead atoms. The number of anilines is 1. The molecule has 0 amide bonds. The van der Waals surface area contributed by atoms with Gasteiger partial charge in [-0.05, 0) is 42.5 Å². The SMILES string of the molecule is CC1CCCCC1N(C)c1ccc(Br)cc1CBr. The normalized spacial score (nSPS) is 24.0. The van der Waals surface area contributed by atoms with Crippen molar-refractivity contribution in [2.45, 2.75) is 44.0 Å². The van der Waals surface area contributed by atoms with Crippen molar-refractivity contribution in [1.29, 1.82) is 0 Å². The van der Waals surface area contributed by atoms with Crippen LogP contribution in [0.2, 0.25) is 0 Å². The van der Waals surface area contributed by atoms with Gasteiger partial charge in [0.25, 0.3) is 0 Å². The molecule has 1 aromatic rings. The molecule has 3 heteroatoms. The highest BCUT2D eigenvalue weighted by molar-refractivity contribution is 9.10. The van der Waals surface area contributed by atoms with Crippen LogP contribution in [0, 0.1) is 5.92 Å². The van der Waals surface area contributed by atoms with Gasteiger partial charge in [-0.25, -0.2) is 0 Å². The molecule has 1 fully saturated rings. The van der Waals surface area contributed by atoms with E-state index in [0.717, 1.165) is 15.7 Å². The average molecular weight is 375 g/mol. The Morgan fingerprint density at radius 3 is 2.67 bits per heavy atom. The zero-order valence-corrected chi connectivity index (χ0v) is 14.3. The quantitative estimate of drug-likeness (QED) is 0.643. The van der Waals surface area contributed by atoms with Gasteiger partial charge in [0, 0.05) is 28.6 Å². The summed E-state index contributed by atoms with van der Waals surface area (Å²) in [5, 5.41) is 0.910. The molecule has 1 aromatic carbocycles. The van der Waals surface area contributed by atoms with Gasteiger partial charge in [-0.3, -0.25) is 0 Å². The second-order valence-corrected chi connectivity index (χ2v) is 6.82. The van der Waals surface area contributed by atoms with Crippen molar-refractivity contribution < 1.29 is 0 Å². The average Bonchev–Trinajstić information content (AvgIpc) is 2.38. The maximum absolute atomic E-state index is 3.60. The number of nitrogens with zero attached hydrogens (tertiary/aromatic N) is 1. The maximum atomic E-state index is 3.60. The highest BCUT2D eigenvalue weighted by atomic mass is 79.9. The molecular weight excluding hydrogens is 354 g/mol. The molecule has 0 radical (unpaired) electrons. The van der Waals surface area contributed by atoms with Crippen LogP contribution in [0.1, 0.15) is 38.2 Å². The molecule has 100 valence electrons. The Morgan fingerprint density at radius 1 is 1.28 bits per heavy atom. The van der Waals surface area contributed by atoms with E-state index in [1.54, 1.807) is 0 Å². The fraction of sp³-hybridized carbons (Fsp3) is 0.600. The zero-order chi connectivity index (χ0) is 13.1. The van der Waals surface area contributed by atoms with Crippen LogP contribution >= 0.6 is 31.9 Å². The fourth-order valence-electron chi connectivity index (χ4n) is 3.06. The van der Waals surface area contributed by atoms with Gasteiger partial charge >= 0.3 is 0 Å². The first-order valence-corrected chi connectivity index (χ1v) is 8.62. The minimum atomic E-state index is 0.692. The third-order valence-electron chi connectivity index (χ3n) is 4.13. The van der Waals surface area contributed by atoms with Crippen LogP contribution in [0.3, 0.4) is 0 Å². The Bertz CT molecular complexity index is 405. The molecule has 2 atom stereocenters. The minimum Gasteiger partial charge on any atom is -0.371 e. The Morgan fingerprint density at radius 2 is 2.00 bits per heavy atom. The van der Waals surface area contributed by atoms with Crippen molar-refractivity contribution >= 4 is 37.5 Å². The van der Waals surface area contributed by atoms with Gasteiger partial charge < -0.3 is 4.90 Å². The monoisotopic (exact) mass is 373 g/mol. The van der Waals surface area contributed by atoms with E-state index in [9.17, 15) is 0 Å². The van der Waals surface area contributed by atoms with Crippen LogP contribution in [0.5, 0.6) is 0 Å². The van der Waals surface area contributed by atoms with Gasteiger partial charge in [0.1, 0.15) is 0 Å². The van der Waals surface area contributed by atoms with E-state index in [0.29, 0.717) is 6.04 Å². The minimum absolute atomic E-state index is 0.692. The molecule has 0 aliphatic heterocycles. The molecule has 0 aromatic heterocycles. The third-order valence-corrected chi connectivity index (χ3v) is 5.23. The van der Waals surface area contributed by atoms with Gasteiger partial charge in [-0.15, -0.1) is 0 Å². The largest absolute Gasteiger partial charge is 0.371 e. The van der Waals surface area contributed by atoms with E-state index in [1.807, 2.05) is 0 Å². The van der Waals surface area contributed by atoms with Crippen LogP contribution in [-0.4, -0.2) is 13.1 Å². The lowest BCUT2D eigenvalue weighted by molar-refractivity contribution is 0.321. The molecule has 2 unspecified atom stereocenters. The summed E-state index contributed by atoms with van der Waals surface area (Å²) in [7, 11) is 2.25. The van der Waals surface area contributed by atoms with Crippen molar-refractivity contribution in [3.63, 3.8) is 0 Å². The number of halogens is 2. The van der Waals surface area contributed by atoms with Gasteiger partial charge in [0.15, 0.2) is 0 Å². The summed E-state index contributed by atoms with van der Waals surface area (Å²) in [4.78, 5) is 2.49. The molecule has 0 heterocycles. The Kier molecular flexibility index (Phi) is 5.14. The van der Waals surface area contributed by atoms with Crippen LogP contribution in [0.25, 0.3) is 0 Å². The van der Waals surface area contributed by atoms with Crippen molar-refractivity contribution in [3.8, 4) is 0 Å². The maximum Gasteiger partial charge on any atom is 0.0408 e. The molecule has 2 rings (SSSR count). The smallest absolute Gasteiger partial charge is 0.0408 e. The lowest BCUT2D eigenvalue weighted by atomic mass is 9.85. The van der Waals surface area contributed by atoms with Gasteiger partial charge in [-0.1, -0.05) is 51.6 Å². The van der Waals surface area contributed by atoms with Gasteiger partial charge in [0.05, 0.1) is 0 Å². The summed E-state index contributed by atoms with van der Waals surface area (Å²) in [6.45, 7) is 2.40. The standard InChI is InChI=1S/C15H21Br2N/c1-11-5-3-4-6-14(11)18(2)15-8-7-13(17)9-12(15)10-16/h7-9,11,14H,3-6,10H2,1-2H3. The lowest BCUT2D eigenvalue weighted by Gasteiger charge is -2.38. The number of rotatable bonds is 3. The molecule has 1 saturated carbocycles. The van der Waals surface area contributed by atoms with Crippen LogP contribution in [0.15, 0.2) is 22.7 Å². The van der Waals surface area contributed by atoms with Crippen LogP contribution in [-0.2, 0) is 5.33 Å². The summed E-state index contributed by atoms with van der Waals surface area (Å²) in [6, 6.07) is 7.29. The first-order chi connectivity index (χ1) is 8.63. The first-order valence-electron chi connectivity index (χ1n) is 6.70. The van der Waals surface area contributed by atoms with Crippen LogP contribution < -0.4 is 4.90 Å². The van der Waals surface area contributed by atoms with E-state index in [-0.39, 0.29) is 0 Å². The van der Waals surface area contributed by atoms with Crippen molar-refractivity contribution in [2.24, 2.45) is 5.92 Å². The van der Waals surface area contributed by atoms with E-state index in [1.165, 1.54) is 36.9 Å². The number of alkyl halides is 1. The molecule has 0 spiro atoms. The second-order valence-electron chi connectivity index (χ2n) is 5.35. The predicted molar refractivity (Wildman–Crippen MR) is 86.6 cm³/mol. The van der Waals surface area contributed by atoms with Crippen LogP contribution in [0.4, 0.5) is 5.69 Å². The molecule has 1 aliphatic carbocycles. The molecule has 0 N–H and O–H groups in total. The fourth-order valence-corrected chi connectivity index (χ4v) is 3.91. The van der Waals surface area contributed by atoms with Crippen molar-refractivity contribution in [3.05, 3.63) is 28.2 Å². The summed E-state index contributed by atoms with van der Waals surface area (Å²) in [6.07, 6.45) is 5.47. The molecule has 0 saturated heterocycles. The van der Waals surface area contributed by atoms with Crippen molar-refractivity contribution in [1.82, 2.24) is 0 Å². The Hall–Kier alpha value is -0.0200. The summed E-state index contributed by atoms with van der Waals surface area (Å²) >= 11 is 7.16. The van der Waals surface area contributed by atoms with E-state index in [4.69, 9.17) is 0 Å². The summed E-state index contributed by atoms with van der Waals surface area (Å²) < 4.78 is 1.16. The second kappa shape index (κ2) is 6.42. The number of hydrogen-bond acceptors (Lipinski definition) is 1. The number of benzene rings is 1.